The first-order chi connectivity index (χ1) is 8.19. The van der Waals surface area contributed by atoms with Crippen LogP contribution in [0.2, 0.25) is 0 Å². The minimum absolute atomic E-state index is 0.266. The van der Waals surface area contributed by atoms with Crippen LogP contribution >= 0.6 is 0 Å². The average molecular weight is 232 g/mol. The predicted molar refractivity (Wildman–Crippen MR) is 68.4 cm³/mol. The van der Waals surface area contributed by atoms with Gasteiger partial charge >= 0.3 is 0 Å². The number of hydrogen-bond donors (Lipinski definition) is 2. The Morgan fingerprint density at radius 2 is 2.06 bits per heavy atom. The van der Waals surface area contributed by atoms with Gasteiger partial charge in [-0.15, -0.1) is 0 Å². The fourth-order valence-electron chi connectivity index (χ4n) is 2.31. The summed E-state index contributed by atoms with van der Waals surface area (Å²) in [4.78, 5) is 11.9. The molecule has 92 valence electrons. The van der Waals surface area contributed by atoms with Gasteiger partial charge in [0.05, 0.1) is 0 Å². The Morgan fingerprint density at radius 1 is 1.41 bits per heavy atom. The Bertz CT molecular complexity index is 386. The maximum Gasteiger partial charge on any atom is 0.242 e. The molecule has 1 fully saturated rings. The Morgan fingerprint density at radius 3 is 2.53 bits per heavy atom. The molecule has 3 N–H and O–H groups in total. The number of primary amides is 1. The number of amides is 1. The van der Waals surface area contributed by atoms with E-state index in [-0.39, 0.29) is 5.91 Å². The van der Waals surface area contributed by atoms with Gasteiger partial charge in [0, 0.05) is 6.04 Å². The van der Waals surface area contributed by atoms with Crippen LogP contribution < -0.4 is 11.1 Å². The zero-order chi connectivity index (χ0) is 12.3. The van der Waals surface area contributed by atoms with E-state index in [2.05, 4.69) is 12.2 Å². The lowest BCUT2D eigenvalue weighted by Gasteiger charge is -2.32. The number of benzene rings is 1. The first-order valence-corrected chi connectivity index (χ1v) is 6.32. The van der Waals surface area contributed by atoms with Crippen LogP contribution in [0.25, 0.3) is 0 Å². The third-order valence-electron chi connectivity index (χ3n) is 3.34. The van der Waals surface area contributed by atoms with E-state index in [0.717, 1.165) is 31.2 Å². The molecule has 3 heteroatoms. The van der Waals surface area contributed by atoms with Gasteiger partial charge in [0.15, 0.2) is 0 Å². The summed E-state index contributed by atoms with van der Waals surface area (Å²) in [5.74, 6) is -0.266. The molecule has 1 aliphatic carbocycles. The topological polar surface area (TPSA) is 55.1 Å². The van der Waals surface area contributed by atoms with Crippen molar-refractivity contribution < 1.29 is 4.79 Å². The van der Waals surface area contributed by atoms with Crippen LogP contribution in [0.1, 0.15) is 38.2 Å². The Hall–Kier alpha value is -1.35. The molecule has 0 heterocycles. The molecule has 1 unspecified atom stereocenters. The molecule has 0 aliphatic heterocycles. The maximum atomic E-state index is 11.9. The predicted octanol–water partition coefficient (Wildman–Crippen LogP) is 1.92. The smallest absolute Gasteiger partial charge is 0.242 e. The van der Waals surface area contributed by atoms with Crippen molar-refractivity contribution in [2.75, 3.05) is 0 Å². The van der Waals surface area contributed by atoms with Crippen molar-refractivity contribution >= 4 is 5.91 Å². The maximum absolute atomic E-state index is 11.9. The molecule has 1 aromatic carbocycles. The monoisotopic (exact) mass is 232 g/mol. The number of carbonyl (C=O) groups is 1. The van der Waals surface area contributed by atoms with Crippen molar-refractivity contribution in [2.45, 2.75) is 44.2 Å². The average Bonchev–Trinajstić information content (AvgIpc) is 3.13. The summed E-state index contributed by atoms with van der Waals surface area (Å²) in [6.07, 6.45) is 3.97. The molecule has 2 rings (SSSR count). The molecule has 0 aromatic heterocycles. The van der Waals surface area contributed by atoms with Gasteiger partial charge < -0.3 is 5.73 Å². The summed E-state index contributed by atoms with van der Waals surface area (Å²) in [5.41, 5.74) is 5.97. The van der Waals surface area contributed by atoms with Crippen LogP contribution in [-0.4, -0.2) is 11.9 Å². The molecule has 1 aromatic rings. The summed E-state index contributed by atoms with van der Waals surface area (Å²) < 4.78 is 0. The lowest BCUT2D eigenvalue weighted by atomic mass is 9.84. The second-order valence-corrected chi connectivity index (χ2v) is 4.80. The molecule has 1 atom stereocenters. The minimum atomic E-state index is -0.683. The highest BCUT2D eigenvalue weighted by Crippen LogP contribution is 2.32. The lowest BCUT2D eigenvalue weighted by Crippen LogP contribution is -2.53. The highest BCUT2D eigenvalue weighted by atomic mass is 16.1. The highest BCUT2D eigenvalue weighted by Gasteiger charge is 2.41. The van der Waals surface area contributed by atoms with Crippen molar-refractivity contribution in [3.05, 3.63) is 35.9 Å². The fraction of sp³-hybridized carbons (Fsp3) is 0.500. The number of carbonyl (C=O) groups excluding carboxylic acids is 1. The molecule has 1 amide bonds. The Kier molecular flexibility index (Phi) is 3.48. The number of nitrogens with one attached hydrogen (secondary N) is 1. The molecule has 17 heavy (non-hydrogen) atoms. The van der Waals surface area contributed by atoms with E-state index in [0.29, 0.717) is 6.04 Å². The standard InChI is InChI=1S/C14H20N2O/c1-2-10-14(13(15)17,16-12-8-9-12)11-6-4-3-5-7-11/h3-7,12,16H,2,8-10H2,1H3,(H2,15,17). The quantitative estimate of drug-likeness (QED) is 0.787. The molecule has 3 nitrogen and oxygen atoms in total. The number of nitrogens with two attached hydrogens (primary N) is 1. The molecule has 0 saturated heterocycles. The van der Waals surface area contributed by atoms with Crippen LogP contribution in [0.4, 0.5) is 0 Å². The molecule has 1 saturated carbocycles. The first kappa shape index (κ1) is 12.1. The van der Waals surface area contributed by atoms with E-state index in [1.165, 1.54) is 0 Å². The second kappa shape index (κ2) is 4.88. The zero-order valence-electron chi connectivity index (χ0n) is 10.3. The third kappa shape index (κ3) is 2.50. The molecule has 1 aliphatic rings. The van der Waals surface area contributed by atoms with Crippen molar-refractivity contribution in [3.63, 3.8) is 0 Å². The van der Waals surface area contributed by atoms with Crippen LogP contribution in [-0.2, 0) is 10.3 Å². The summed E-state index contributed by atoms with van der Waals surface area (Å²) in [5, 5.41) is 3.45. The van der Waals surface area contributed by atoms with Crippen molar-refractivity contribution in [3.8, 4) is 0 Å². The second-order valence-electron chi connectivity index (χ2n) is 4.80. The van der Waals surface area contributed by atoms with E-state index >= 15 is 0 Å². The fourth-order valence-corrected chi connectivity index (χ4v) is 2.31. The van der Waals surface area contributed by atoms with Crippen LogP contribution in [0.3, 0.4) is 0 Å². The van der Waals surface area contributed by atoms with Gasteiger partial charge in [0.25, 0.3) is 0 Å². The third-order valence-corrected chi connectivity index (χ3v) is 3.34. The van der Waals surface area contributed by atoms with Gasteiger partial charge in [-0.3, -0.25) is 10.1 Å². The van der Waals surface area contributed by atoms with Crippen molar-refractivity contribution in [2.24, 2.45) is 5.73 Å². The van der Waals surface area contributed by atoms with E-state index in [4.69, 9.17) is 5.73 Å². The summed E-state index contributed by atoms with van der Waals surface area (Å²) in [6.45, 7) is 2.08. The minimum Gasteiger partial charge on any atom is -0.368 e. The van der Waals surface area contributed by atoms with Gasteiger partial charge in [-0.2, -0.15) is 0 Å². The van der Waals surface area contributed by atoms with Gasteiger partial charge in [-0.1, -0.05) is 43.7 Å². The van der Waals surface area contributed by atoms with E-state index in [9.17, 15) is 4.79 Å². The number of rotatable bonds is 6. The largest absolute Gasteiger partial charge is 0.368 e. The van der Waals surface area contributed by atoms with E-state index in [1.54, 1.807) is 0 Å². The molecule has 0 bridgehead atoms. The molecule has 0 radical (unpaired) electrons. The molecule has 0 spiro atoms. The number of hydrogen-bond acceptors (Lipinski definition) is 2. The van der Waals surface area contributed by atoms with Crippen LogP contribution in [0, 0.1) is 0 Å². The van der Waals surface area contributed by atoms with Gasteiger partial charge in [-0.25, -0.2) is 0 Å². The van der Waals surface area contributed by atoms with Gasteiger partial charge in [-0.05, 0) is 24.8 Å². The van der Waals surface area contributed by atoms with E-state index < -0.39 is 5.54 Å². The van der Waals surface area contributed by atoms with Crippen molar-refractivity contribution in [1.29, 1.82) is 0 Å². The SMILES string of the molecule is CCCC(NC1CC1)(C(N)=O)c1ccccc1. The summed E-state index contributed by atoms with van der Waals surface area (Å²) in [6, 6.07) is 10.3. The first-order valence-electron chi connectivity index (χ1n) is 6.32. The zero-order valence-corrected chi connectivity index (χ0v) is 10.3. The highest BCUT2D eigenvalue weighted by molar-refractivity contribution is 5.86. The Labute approximate surface area is 102 Å². The molecular formula is C14H20N2O. The summed E-state index contributed by atoms with van der Waals surface area (Å²) in [7, 11) is 0. The Balaban J connectivity index is 2.35. The van der Waals surface area contributed by atoms with Crippen molar-refractivity contribution in [1.82, 2.24) is 5.32 Å². The van der Waals surface area contributed by atoms with E-state index in [1.807, 2.05) is 30.3 Å². The summed E-state index contributed by atoms with van der Waals surface area (Å²) >= 11 is 0. The lowest BCUT2D eigenvalue weighted by molar-refractivity contribution is -0.125. The van der Waals surface area contributed by atoms with Gasteiger partial charge in [0.1, 0.15) is 5.54 Å². The van der Waals surface area contributed by atoms with Crippen LogP contribution in [0.5, 0.6) is 0 Å². The molecular weight excluding hydrogens is 212 g/mol. The van der Waals surface area contributed by atoms with Crippen LogP contribution in [0.15, 0.2) is 30.3 Å². The normalized spacial score (nSPS) is 18.6. The van der Waals surface area contributed by atoms with Gasteiger partial charge in [0.2, 0.25) is 5.91 Å².